The Bertz CT molecular complexity index is 290. The molecule has 0 aliphatic rings. The minimum Gasteiger partial charge on any atom is -0.368 e. The predicted molar refractivity (Wildman–Crippen MR) is 53.2 cm³/mol. The summed E-state index contributed by atoms with van der Waals surface area (Å²) >= 11 is 1.40. The van der Waals surface area contributed by atoms with E-state index < -0.39 is 0 Å². The van der Waals surface area contributed by atoms with Gasteiger partial charge in [0.15, 0.2) is 5.16 Å². The molecular formula is C6H12N6S. The monoisotopic (exact) mass is 200 g/mol. The maximum Gasteiger partial charge on any atom is 0.245 e. The van der Waals surface area contributed by atoms with Crippen LogP contribution in [-0.2, 0) is 0 Å². The molecule has 0 fully saturated rings. The van der Waals surface area contributed by atoms with Crippen LogP contribution in [0.25, 0.3) is 0 Å². The first-order valence-electron chi connectivity index (χ1n) is 3.75. The van der Waals surface area contributed by atoms with Crippen molar-refractivity contribution in [1.29, 1.82) is 0 Å². The quantitative estimate of drug-likeness (QED) is 0.399. The molecule has 13 heavy (non-hydrogen) atoms. The first-order valence-corrected chi connectivity index (χ1v) is 4.97. The van der Waals surface area contributed by atoms with Gasteiger partial charge in [-0.3, -0.25) is 5.01 Å². The summed E-state index contributed by atoms with van der Waals surface area (Å²) in [4.78, 5) is 11.9. The van der Waals surface area contributed by atoms with Gasteiger partial charge in [0.1, 0.15) is 0 Å². The molecule has 0 amide bonds. The standard InChI is InChI=1S/C6H12N6S/c1-3-12(8)5-9-4(7)10-6(11-5)13-2/h3,8H2,1-2H3,(H2,7,9,10,11). The van der Waals surface area contributed by atoms with Crippen molar-refractivity contribution < 1.29 is 0 Å². The topological polar surface area (TPSA) is 94.0 Å². The second kappa shape index (κ2) is 4.24. The number of nitrogens with zero attached hydrogens (tertiary/aromatic N) is 4. The molecule has 0 spiro atoms. The van der Waals surface area contributed by atoms with Crippen LogP contribution in [0.4, 0.5) is 11.9 Å². The van der Waals surface area contributed by atoms with Crippen molar-refractivity contribution in [1.82, 2.24) is 15.0 Å². The number of nitrogen functional groups attached to an aromatic ring is 1. The highest BCUT2D eigenvalue weighted by Gasteiger charge is 2.06. The minimum absolute atomic E-state index is 0.193. The van der Waals surface area contributed by atoms with Crippen LogP contribution in [0.15, 0.2) is 5.16 Å². The molecule has 1 heterocycles. The molecule has 0 aliphatic carbocycles. The van der Waals surface area contributed by atoms with Crippen LogP contribution in [0.5, 0.6) is 0 Å². The third kappa shape index (κ3) is 2.43. The molecule has 0 aromatic carbocycles. The fraction of sp³-hybridized carbons (Fsp3) is 0.500. The number of aromatic nitrogens is 3. The average Bonchev–Trinajstić information content (AvgIpc) is 2.15. The Balaban J connectivity index is 3.01. The van der Waals surface area contributed by atoms with Crippen molar-refractivity contribution in [3.8, 4) is 0 Å². The van der Waals surface area contributed by atoms with Gasteiger partial charge in [0.05, 0.1) is 0 Å². The minimum atomic E-state index is 0.193. The van der Waals surface area contributed by atoms with Crippen LogP contribution < -0.4 is 16.6 Å². The van der Waals surface area contributed by atoms with Gasteiger partial charge in [-0.1, -0.05) is 11.8 Å². The van der Waals surface area contributed by atoms with Crippen LogP contribution in [0, 0.1) is 0 Å². The smallest absolute Gasteiger partial charge is 0.245 e. The van der Waals surface area contributed by atoms with Crippen LogP contribution in [-0.4, -0.2) is 27.8 Å². The second-order valence-electron chi connectivity index (χ2n) is 2.27. The molecule has 0 radical (unpaired) electrons. The van der Waals surface area contributed by atoms with Gasteiger partial charge in [-0.05, 0) is 13.2 Å². The summed E-state index contributed by atoms with van der Waals surface area (Å²) in [5.74, 6) is 6.20. The molecule has 0 aliphatic heterocycles. The van der Waals surface area contributed by atoms with Crippen LogP contribution in [0.3, 0.4) is 0 Å². The summed E-state index contributed by atoms with van der Waals surface area (Å²) in [6, 6.07) is 0. The Kier molecular flexibility index (Phi) is 3.26. The van der Waals surface area contributed by atoms with E-state index in [4.69, 9.17) is 11.6 Å². The summed E-state index contributed by atoms with van der Waals surface area (Å²) < 4.78 is 0. The number of hydrazine groups is 1. The first kappa shape index (κ1) is 10.0. The Morgan fingerprint density at radius 3 is 2.62 bits per heavy atom. The largest absolute Gasteiger partial charge is 0.368 e. The van der Waals surface area contributed by atoms with Crippen molar-refractivity contribution >= 4 is 23.7 Å². The number of nitrogens with two attached hydrogens (primary N) is 2. The van der Waals surface area contributed by atoms with Crippen molar-refractivity contribution in [2.24, 2.45) is 5.84 Å². The molecule has 0 unspecified atom stereocenters. The molecule has 0 saturated carbocycles. The van der Waals surface area contributed by atoms with Crippen LogP contribution in [0.2, 0.25) is 0 Å². The van der Waals surface area contributed by atoms with E-state index in [0.29, 0.717) is 17.6 Å². The molecule has 1 aromatic heterocycles. The zero-order chi connectivity index (χ0) is 9.84. The maximum atomic E-state index is 5.60. The Morgan fingerprint density at radius 1 is 1.38 bits per heavy atom. The van der Waals surface area contributed by atoms with Gasteiger partial charge in [0.25, 0.3) is 0 Å². The fourth-order valence-corrected chi connectivity index (χ4v) is 1.08. The van der Waals surface area contributed by atoms with Gasteiger partial charge in [-0.15, -0.1) is 0 Å². The molecule has 6 nitrogen and oxygen atoms in total. The summed E-state index contributed by atoms with van der Waals surface area (Å²) in [7, 11) is 0. The second-order valence-corrected chi connectivity index (χ2v) is 3.04. The molecule has 1 rings (SSSR count). The van der Waals surface area contributed by atoms with Crippen molar-refractivity contribution in [3.63, 3.8) is 0 Å². The number of hydrogen-bond acceptors (Lipinski definition) is 7. The zero-order valence-electron chi connectivity index (χ0n) is 7.56. The lowest BCUT2D eigenvalue weighted by Crippen LogP contribution is -2.32. The zero-order valence-corrected chi connectivity index (χ0v) is 8.38. The molecule has 72 valence electrons. The van der Waals surface area contributed by atoms with E-state index in [1.165, 1.54) is 16.8 Å². The molecule has 0 atom stereocenters. The fourth-order valence-electron chi connectivity index (χ4n) is 0.722. The number of rotatable bonds is 3. The van der Waals surface area contributed by atoms with Gasteiger partial charge in [0, 0.05) is 6.54 Å². The van der Waals surface area contributed by atoms with Gasteiger partial charge in [-0.25, -0.2) is 5.84 Å². The molecule has 4 N–H and O–H groups in total. The Hall–Kier alpha value is -1.08. The number of thioether (sulfide) groups is 1. The summed E-state index contributed by atoms with van der Waals surface area (Å²) in [6.45, 7) is 2.52. The molecule has 1 aromatic rings. The lowest BCUT2D eigenvalue weighted by atomic mass is 10.7. The SMILES string of the molecule is CCN(N)c1nc(N)nc(SC)n1. The molecule has 0 bridgehead atoms. The van der Waals surface area contributed by atoms with E-state index in [0.717, 1.165) is 0 Å². The van der Waals surface area contributed by atoms with E-state index in [9.17, 15) is 0 Å². The third-order valence-corrected chi connectivity index (χ3v) is 1.95. The van der Waals surface area contributed by atoms with E-state index in [1.807, 2.05) is 13.2 Å². The summed E-state index contributed by atoms with van der Waals surface area (Å²) in [6.07, 6.45) is 1.87. The number of anilines is 2. The lowest BCUT2D eigenvalue weighted by molar-refractivity contribution is 0.798. The van der Waals surface area contributed by atoms with E-state index in [1.54, 1.807) is 0 Å². The summed E-state index contributed by atoms with van der Waals surface area (Å²) in [5.41, 5.74) is 5.47. The summed E-state index contributed by atoms with van der Waals surface area (Å²) in [5, 5.41) is 1.99. The third-order valence-electron chi connectivity index (χ3n) is 1.40. The van der Waals surface area contributed by atoms with Crippen molar-refractivity contribution in [2.45, 2.75) is 12.1 Å². The van der Waals surface area contributed by atoms with Gasteiger partial charge < -0.3 is 5.73 Å². The van der Waals surface area contributed by atoms with Crippen molar-refractivity contribution in [3.05, 3.63) is 0 Å². The average molecular weight is 200 g/mol. The molecular weight excluding hydrogens is 188 g/mol. The van der Waals surface area contributed by atoms with Gasteiger partial charge in [0.2, 0.25) is 11.9 Å². The van der Waals surface area contributed by atoms with Crippen LogP contribution >= 0.6 is 11.8 Å². The lowest BCUT2D eigenvalue weighted by Gasteiger charge is -2.13. The normalized spacial score (nSPS) is 10.1. The Labute approximate surface area is 80.7 Å². The first-order chi connectivity index (χ1) is 6.17. The Morgan fingerprint density at radius 2 is 2.08 bits per heavy atom. The van der Waals surface area contributed by atoms with E-state index in [-0.39, 0.29) is 5.95 Å². The van der Waals surface area contributed by atoms with E-state index in [2.05, 4.69) is 15.0 Å². The van der Waals surface area contributed by atoms with Crippen molar-refractivity contribution in [2.75, 3.05) is 23.5 Å². The highest BCUT2D eigenvalue weighted by Crippen LogP contribution is 2.12. The van der Waals surface area contributed by atoms with Crippen LogP contribution in [0.1, 0.15) is 6.92 Å². The van der Waals surface area contributed by atoms with Gasteiger partial charge in [-0.2, -0.15) is 15.0 Å². The highest BCUT2D eigenvalue weighted by atomic mass is 32.2. The van der Waals surface area contributed by atoms with Gasteiger partial charge >= 0.3 is 0 Å². The number of hydrogen-bond donors (Lipinski definition) is 2. The predicted octanol–water partition coefficient (Wildman–Crippen LogP) is -0.124. The maximum absolute atomic E-state index is 5.60. The highest BCUT2D eigenvalue weighted by molar-refractivity contribution is 7.98. The molecule has 0 saturated heterocycles. The molecule has 7 heteroatoms. The van der Waals surface area contributed by atoms with E-state index >= 15 is 0 Å².